The zero-order valence-corrected chi connectivity index (χ0v) is 15.1. The standard InChI is InChI=1S/C16H18N2O2S.C2H6/c1-11-8-9-13-15(10-11)21(19,20)18(3)14-7-5-4-6-12(14)16(13)17-2;1-2/h4-10,16-17H,1-3H3;1-2H3. The lowest BCUT2D eigenvalue weighted by Crippen LogP contribution is -2.26. The van der Waals surface area contributed by atoms with E-state index in [0.717, 1.165) is 16.7 Å². The first kappa shape index (κ1) is 17.5. The number of hydrogen-bond donors (Lipinski definition) is 1. The summed E-state index contributed by atoms with van der Waals surface area (Å²) in [7, 11) is -0.0831. The molecule has 2 aromatic carbocycles. The minimum absolute atomic E-state index is 0.142. The van der Waals surface area contributed by atoms with E-state index in [1.807, 2.05) is 64.2 Å². The molecule has 0 bridgehead atoms. The largest absolute Gasteiger partial charge is 0.309 e. The maximum atomic E-state index is 12.9. The Morgan fingerprint density at radius 1 is 1.04 bits per heavy atom. The van der Waals surface area contributed by atoms with Gasteiger partial charge in [0.15, 0.2) is 0 Å². The molecule has 3 rings (SSSR count). The van der Waals surface area contributed by atoms with Crippen LogP contribution in [0, 0.1) is 6.92 Å². The van der Waals surface area contributed by atoms with Gasteiger partial charge < -0.3 is 5.32 Å². The maximum Gasteiger partial charge on any atom is 0.264 e. The molecule has 1 heterocycles. The average molecular weight is 332 g/mol. The summed E-state index contributed by atoms with van der Waals surface area (Å²) < 4.78 is 27.2. The lowest BCUT2D eigenvalue weighted by molar-refractivity contribution is 0.592. The van der Waals surface area contributed by atoms with Crippen LogP contribution in [0.1, 0.15) is 36.6 Å². The number of rotatable bonds is 1. The predicted octanol–water partition coefficient (Wildman–Crippen LogP) is 3.47. The number of sulfonamides is 1. The van der Waals surface area contributed by atoms with Crippen molar-refractivity contribution in [1.82, 2.24) is 5.32 Å². The van der Waals surface area contributed by atoms with Gasteiger partial charge in [0.05, 0.1) is 16.6 Å². The summed E-state index contributed by atoms with van der Waals surface area (Å²) in [6, 6.07) is 13.1. The van der Waals surface area contributed by atoms with Crippen molar-refractivity contribution in [2.45, 2.75) is 31.7 Å². The number of hydrogen-bond acceptors (Lipinski definition) is 3. The van der Waals surface area contributed by atoms with E-state index in [4.69, 9.17) is 0 Å². The Labute approximate surface area is 139 Å². The van der Waals surface area contributed by atoms with Crippen LogP contribution in [0.3, 0.4) is 0 Å². The fourth-order valence-electron chi connectivity index (χ4n) is 2.88. The SMILES string of the molecule is CC.CNC1c2ccccc2N(C)S(=O)(=O)c2cc(C)ccc21. The number of benzene rings is 2. The Bertz CT molecular complexity index is 800. The Hall–Kier alpha value is -1.85. The molecule has 0 radical (unpaired) electrons. The fourth-order valence-corrected chi connectivity index (χ4v) is 4.42. The average Bonchev–Trinajstić information content (AvgIpc) is 2.64. The predicted molar refractivity (Wildman–Crippen MR) is 95.5 cm³/mol. The van der Waals surface area contributed by atoms with Gasteiger partial charge in [-0.3, -0.25) is 4.31 Å². The summed E-state index contributed by atoms with van der Waals surface area (Å²) in [4.78, 5) is 0.376. The summed E-state index contributed by atoms with van der Waals surface area (Å²) in [5.74, 6) is 0. The van der Waals surface area contributed by atoms with Crippen LogP contribution in [0.4, 0.5) is 5.69 Å². The molecule has 5 heteroatoms. The highest BCUT2D eigenvalue weighted by molar-refractivity contribution is 7.92. The Balaban J connectivity index is 0.000000924. The third-order valence-electron chi connectivity index (χ3n) is 3.99. The number of para-hydroxylation sites is 1. The third-order valence-corrected chi connectivity index (χ3v) is 5.82. The van der Waals surface area contributed by atoms with Crippen molar-refractivity contribution >= 4 is 15.7 Å². The van der Waals surface area contributed by atoms with Gasteiger partial charge in [-0.2, -0.15) is 0 Å². The van der Waals surface area contributed by atoms with Gasteiger partial charge >= 0.3 is 0 Å². The van der Waals surface area contributed by atoms with Crippen molar-refractivity contribution < 1.29 is 8.42 Å². The Morgan fingerprint density at radius 2 is 1.70 bits per heavy atom. The first-order valence-electron chi connectivity index (χ1n) is 7.82. The first-order chi connectivity index (χ1) is 11.0. The van der Waals surface area contributed by atoms with E-state index in [9.17, 15) is 8.42 Å². The van der Waals surface area contributed by atoms with Crippen molar-refractivity contribution in [3.63, 3.8) is 0 Å². The second-order valence-electron chi connectivity index (χ2n) is 5.29. The van der Waals surface area contributed by atoms with Gasteiger partial charge in [0.25, 0.3) is 10.0 Å². The van der Waals surface area contributed by atoms with Gasteiger partial charge in [0.1, 0.15) is 0 Å². The molecule has 2 aromatic rings. The zero-order chi connectivity index (χ0) is 17.2. The minimum atomic E-state index is -3.54. The molecule has 1 aliphatic rings. The van der Waals surface area contributed by atoms with E-state index in [1.54, 1.807) is 13.1 Å². The molecule has 1 unspecified atom stereocenters. The van der Waals surface area contributed by atoms with Crippen LogP contribution in [0.5, 0.6) is 0 Å². The molecule has 0 aromatic heterocycles. The fraction of sp³-hybridized carbons (Fsp3) is 0.333. The molecule has 0 saturated carbocycles. The number of nitrogens with one attached hydrogen (secondary N) is 1. The van der Waals surface area contributed by atoms with E-state index in [0.29, 0.717) is 10.6 Å². The van der Waals surface area contributed by atoms with Crippen molar-refractivity contribution in [2.24, 2.45) is 0 Å². The highest BCUT2D eigenvalue weighted by Crippen LogP contribution is 2.39. The number of aryl methyl sites for hydroxylation is 1. The summed E-state index contributed by atoms with van der Waals surface area (Å²) in [5, 5.41) is 3.24. The van der Waals surface area contributed by atoms with Gasteiger partial charge in [0.2, 0.25) is 0 Å². The van der Waals surface area contributed by atoms with Crippen molar-refractivity contribution in [3.8, 4) is 0 Å². The van der Waals surface area contributed by atoms with Crippen molar-refractivity contribution in [2.75, 3.05) is 18.4 Å². The molecule has 124 valence electrons. The smallest absolute Gasteiger partial charge is 0.264 e. The van der Waals surface area contributed by atoms with E-state index >= 15 is 0 Å². The lowest BCUT2D eigenvalue weighted by atomic mass is 9.96. The van der Waals surface area contributed by atoms with E-state index in [1.165, 1.54) is 4.31 Å². The van der Waals surface area contributed by atoms with Gasteiger partial charge in [-0.15, -0.1) is 0 Å². The first-order valence-corrected chi connectivity index (χ1v) is 9.26. The van der Waals surface area contributed by atoms with Crippen LogP contribution < -0.4 is 9.62 Å². The van der Waals surface area contributed by atoms with Gasteiger partial charge in [-0.25, -0.2) is 8.42 Å². The van der Waals surface area contributed by atoms with Gasteiger partial charge in [0, 0.05) is 7.05 Å². The molecule has 1 N–H and O–H groups in total. The molecule has 0 spiro atoms. The van der Waals surface area contributed by atoms with Crippen LogP contribution in [-0.2, 0) is 10.0 Å². The number of fused-ring (bicyclic) bond motifs is 2. The minimum Gasteiger partial charge on any atom is -0.309 e. The Kier molecular flexibility index (Phi) is 5.12. The van der Waals surface area contributed by atoms with Gasteiger partial charge in [-0.1, -0.05) is 44.2 Å². The number of anilines is 1. The van der Waals surface area contributed by atoms with Crippen LogP contribution in [0.2, 0.25) is 0 Å². The van der Waals surface area contributed by atoms with Gasteiger partial charge in [-0.05, 0) is 42.8 Å². The van der Waals surface area contributed by atoms with Crippen LogP contribution in [0.25, 0.3) is 0 Å². The molecule has 1 atom stereocenters. The number of nitrogens with zero attached hydrogens (tertiary/aromatic N) is 1. The van der Waals surface area contributed by atoms with Crippen molar-refractivity contribution in [3.05, 3.63) is 59.2 Å². The molecule has 1 aliphatic heterocycles. The quantitative estimate of drug-likeness (QED) is 0.870. The summed E-state index contributed by atoms with van der Waals surface area (Å²) in [5.41, 5.74) is 3.41. The van der Waals surface area contributed by atoms with Crippen LogP contribution in [0.15, 0.2) is 47.4 Å². The molecule has 0 saturated heterocycles. The third kappa shape index (κ3) is 2.86. The Morgan fingerprint density at radius 3 is 2.35 bits per heavy atom. The lowest BCUT2D eigenvalue weighted by Gasteiger charge is -2.20. The topological polar surface area (TPSA) is 49.4 Å². The van der Waals surface area contributed by atoms with Crippen LogP contribution in [-0.4, -0.2) is 22.5 Å². The molecule has 0 amide bonds. The summed E-state index contributed by atoms with van der Waals surface area (Å²) >= 11 is 0. The second kappa shape index (κ2) is 6.72. The molecule has 23 heavy (non-hydrogen) atoms. The highest BCUT2D eigenvalue weighted by atomic mass is 32.2. The summed E-state index contributed by atoms with van der Waals surface area (Å²) in [6.07, 6.45) is 0. The maximum absolute atomic E-state index is 12.9. The summed E-state index contributed by atoms with van der Waals surface area (Å²) in [6.45, 7) is 5.90. The monoisotopic (exact) mass is 332 g/mol. The molecular formula is C18H24N2O2S. The molecule has 0 aliphatic carbocycles. The zero-order valence-electron chi connectivity index (χ0n) is 14.3. The highest BCUT2D eigenvalue weighted by Gasteiger charge is 2.34. The second-order valence-corrected chi connectivity index (χ2v) is 7.23. The van der Waals surface area contributed by atoms with E-state index in [2.05, 4.69) is 5.32 Å². The normalized spacial score (nSPS) is 18.1. The van der Waals surface area contributed by atoms with Crippen molar-refractivity contribution in [1.29, 1.82) is 0 Å². The molecule has 4 nitrogen and oxygen atoms in total. The molecular weight excluding hydrogens is 308 g/mol. The molecule has 0 fully saturated rings. The van der Waals surface area contributed by atoms with E-state index in [-0.39, 0.29) is 6.04 Å². The van der Waals surface area contributed by atoms with Crippen LogP contribution >= 0.6 is 0 Å². The van der Waals surface area contributed by atoms with E-state index < -0.39 is 10.0 Å².